The third-order valence-electron chi connectivity index (χ3n) is 3.26. The molecule has 1 amide bonds. The zero-order chi connectivity index (χ0) is 13.8. The highest BCUT2D eigenvalue weighted by Crippen LogP contribution is 2.36. The summed E-state index contributed by atoms with van der Waals surface area (Å²) in [5.41, 5.74) is 1.06. The molecule has 1 N–H and O–H groups in total. The van der Waals surface area contributed by atoms with Crippen LogP contribution in [0.15, 0.2) is 65.6 Å². The number of amides is 1. The summed E-state index contributed by atoms with van der Waals surface area (Å²) in [6.07, 6.45) is 2.23. The molecule has 2 aromatic rings. The average Bonchev–Trinajstić information content (AvgIpc) is 3.30. The molecule has 3 heteroatoms. The summed E-state index contributed by atoms with van der Waals surface area (Å²) in [5, 5.41) is 2.93. The van der Waals surface area contributed by atoms with Crippen LogP contribution in [0.2, 0.25) is 0 Å². The van der Waals surface area contributed by atoms with E-state index in [2.05, 4.69) is 5.32 Å². The molecule has 0 aliphatic heterocycles. The monoisotopic (exact) mass is 283 g/mol. The minimum Gasteiger partial charge on any atom is -0.352 e. The van der Waals surface area contributed by atoms with E-state index in [4.69, 9.17) is 0 Å². The number of carbonyl (C=O) groups excluding carboxylic acids is 1. The standard InChI is InChI=1S/C17H17NOS/c19-17(18-14-11-12-14)16(13-7-3-1-4-8-13)20-15-9-5-2-6-10-15/h1-10,14,16H,11-12H2,(H,18,19). The van der Waals surface area contributed by atoms with E-state index < -0.39 is 0 Å². The van der Waals surface area contributed by atoms with Gasteiger partial charge >= 0.3 is 0 Å². The molecule has 1 aliphatic carbocycles. The number of rotatable bonds is 5. The molecule has 0 aromatic heterocycles. The highest BCUT2D eigenvalue weighted by Gasteiger charge is 2.28. The van der Waals surface area contributed by atoms with E-state index in [0.717, 1.165) is 23.3 Å². The minimum absolute atomic E-state index is 0.118. The number of thioether (sulfide) groups is 1. The second-order valence-corrected chi connectivity index (χ2v) is 6.18. The normalized spacial score (nSPS) is 15.6. The third kappa shape index (κ3) is 3.42. The van der Waals surface area contributed by atoms with Crippen LogP contribution in [-0.2, 0) is 4.79 Å². The molecule has 0 heterocycles. The third-order valence-corrected chi connectivity index (χ3v) is 4.53. The second kappa shape index (κ2) is 6.14. The van der Waals surface area contributed by atoms with Crippen molar-refractivity contribution >= 4 is 17.7 Å². The Balaban J connectivity index is 1.81. The van der Waals surface area contributed by atoms with Crippen molar-refractivity contribution in [1.82, 2.24) is 5.32 Å². The van der Waals surface area contributed by atoms with E-state index in [1.54, 1.807) is 11.8 Å². The quantitative estimate of drug-likeness (QED) is 0.846. The summed E-state index contributed by atoms with van der Waals surface area (Å²) in [6, 6.07) is 20.5. The first-order chi connectivity index (χ1) is 9.83. The molecule has 1 unspecified atom stereocenters. The van der Waals surface area contributed by atoms with Crippen molar-refractivity contribution in [3.63, 3.8) is 0 Å². The molecule has 1 saturated carbocycles. The molecule has 2 nitrogen and oxygen atoms in total. The van der Waals surface area contributed by atoms with Crippen LogP contribution >= 0.6 is 11.8 Å². The van der Waals surface area contributed by atoms with E-state index in [1.807, 2.05) is 60.7 Å². The molecule has 2 aromatic carbocycles. The summed E-state index contributed by atoms with van der Waals surface area (Å²) in [7, 11) is 0. The van der Waals surface area contributed by atoms with Crippen molar-refractivity contribution in [2.24, 2.45) is 0 Å². The zero-order valence-electron chi connectivity index (χ0n) is 11.2. The van der Waals surface area contributed by atoms with Crippen LogP contribution < -0.4 is 5.32 Å². The molecule has 0 spiro atoms. The summed E-state index contributed by atoms with van der Waals surface area (Å²) in [4.78, 5) is 13.6. The lowest BCUT2D eigenvalue weighted by molar-refractivity contribution is -0.120. The SMILES string of the molecule is O=C(NC1CC1)C(Sc1ccccc1)c1ccccc1. The van der Waals surface area contributed by atoms with Crippen molar-refractivity contribution < 1.29 is 4.79 Å². The molecular formula is C17H17NOS. The van der Waals surface area contributed by atoms with Gasteiger partial charge in [0.05, 0.1) is 0 Å². The number of nitrogens with one attached hydrogen (secondary N) is 1. The fourth-order valence-electron chi connectivity index (χ4n) is 2.04. The Morgan fingerprint density at radius 1 is 1.00 bits per heavy atom. The Morgan fingerprint density at radius 2 is 1.60 bits per heavy atom. The molecule has 20 heavy (non-hydrogen) atoms. The van der Waals surface area contributed by atoms with Gasteiger partial charge in [0.15, 0.2) is 0 Å². The zero-order valence-corrected chi connectivity index (χ0v) is 12.0. The van der Waals surface area contributed by atoms with E-state index in [1.165, 1.54) is 0 Å². The topological polar surface area (TPSA) is 29.1 Å². The van der Waals surface area contributed by atoms with Gasteiger partial charge in [-0.25, -0.2) is 0 Å². The smallest absolute Gasteiger partial charge is 0.238 e. The van der Waals surface area contributed by atoms with Crippen LogP contribution in [0.3, 0.4) is 0 Å². The molecule has 3 rings (SSSR count). The molecule has 0 bridgehead atoms. The first-order valence-corrected chi connectivity index (χ1v) is 7.78. The lowest BCUT2D eigenvalue weighted by Gasteiger charge is -2.16. The first kappa shape index (κ1) is 13.3. The highest BCUT2D eigenvalue weighted by molar-refractivity contribution is 8.00. The number of hydrogen-bond donors (Lipinski definition) is 1. The fourth-order valence-corrected chi connectivity index (χ4v) is 3.10. The lowest BCUT2D eigenvalue weighted by atomic mass is 10.1. The molecule has 1 aliphatic rings. The van der Waals surface area contributed by atoms with Gasteiger partial charge in [0, 0.05) is 10.9 Å². The Hall–Kier alpha value is -1.74. The summed E-state index contributed by atoms with van der Waals surface area (Å²) < 4.78 is 0. The number of benzene rings is 2. The van der Waals surface area contributed by atoms with Crippen molar-refractivity contribution in [3.8, 4) is 0 Å². The van der Waals surface area contributed by atoms with Gasteiger partial charge in [-0.2, -0.15) is 0 Å². The van der Waals surface area contributed by atoms with Crippen LogP contribution in [0.25, 0.3) is 0 Å². The van der Waals surface area contributed by atoms with E-state index >= 15 is 0 Å². The minimum atomic E-state index is -0.181. The predicted octanol–water partition coefficient (Wildman–Crippen LogP) is 3.80. The Bertz CT molecular complexity index is 566. The van der Waals surface area contributed by atoms with Gasteiger partial charge in [-0.05, 0) is 30.5 Å². The number of carbonyl (C=O) groups is 1. The summed E-state index contributed by atoms with van der Waals surface area (Å²) in [6.45, 7) is 0. The Kier molecular flexibility index (Phi) is 4.07. The van der Waals surface area contributed by atoms with Gasteiger partial charge in [-0.15, -0.1) is 11.8 Å². The maximum absolute atomic E-state index is 12.5. The van der Waals surface area contributed by atoms with Crippen molar-refractivity contribution in [2.75, 3.05) is 0 Å². The van der Waals surface area contributed by atoms with Gasteiger partial charge < -0.3 is 5.32 Å². The van der Waals surface area contributed by atoms with Gasteiger partial charge in [-0.1, -0.05) is 48.5 Å². The Morgan fingerprint density at radius 3 is 2.20 bits per heavy atom. The predicted molar refractivity (Wildman–Crippen MR) is 82.6 cm³/mol. The molecule has 102 valence electrons. The maximum atomic E-state index is 12.5. The van der Waals surface area contributed by atoms with Crippen LogP contribution in [0.1, 0.15) is 23.7 Å². The largest absolute Gasteiger partial charge is 0.352 e. The van der Waals surface area contributed by atoms with E-state index in [0.29, 0.717) is 6.04 Å². The van der Waals surface area contributed by atoms with Crippen LogP contribution in [0.4, 0.5) is 0 Å². The summed E-state index contributed by atoms with van der Waals surface area (Å²) in [5.74, 6) is 0.118. The number of hydrogen-bond acceptors (Lipinski definition) is 2. The lowest BCUT2D eigenvalue weighted by Crippen LogP contribution is -2.29. The average molecular weight is 283 g/mol. The highest BCUT2D eigenvalue weighted by atomic mass is 32.2. The van der Waals surface area contributed by atoms with Gasteiger partial charge in [0.25, 0.3) is 0 Å². The maximum Gasteiger partial charge on any atom is 0.238 e. The summed E-state index contributed by atoms with van der Waals surface area (Å²) >= 11 is 1.61. The molecule has 0 radical (unpaired) electrons. The molecule has 1 fully saturated rings. The van der Waals surface area contributed by atoms with Gasteiger partial charge in [0.1, 0.15) is 5.25 Å². The van der Waals surface area contributed by atoms with Crippen LogP contribution in [0, 0.1) is 0 Å². The van der Waals surface area contributed by atoms with Gasteiger partial charge in [-0.3, -0.25) is 4.79 Å². The van der Waals surface area contributed by atoms with Crippen LogP contribution in [0.5, 0.6) is 0 Å². The molecule has 1 atom stereocenters. The Labute approximate surface area is 123 Å². The second-order valence-electron chi connectivity index (χ2n) is 5.00. The van der Waals surface area contributed by atoms with Crippen molar-refractivity contribution in [3.05, 3.63) is 66.2 Å². The van der Waals surface area contributed by atoms with Gasteiger partial charge in [0.2, 0.25) is 5.91 Å². The van der Waals surface area contributed by atoms with Crippen molar-refractivity contribution in [2.45, 2.75) is 29.0 Å². The van der Waals surface area contributed by atoms with E-state index in [-0.39, 0.29) is 11.2 Å². The van der Waals surface area contributed by atoms with Crippen LogP contribution in [-0.4, -0.2) is 11.9 Å². The molecular weight excluding hydrogens is 266 g/mol. The fraction of sp³-hybridized carbons (Fsp3) is 0.235. The van der Waals surface area contributed by atoms with Crippen molar-refractivity contribution in [1.29, 1.82) is 0 Å². The first-order valence-electron chi connectivity index (χ1n) is 6.90. The molecule has 0 saturated heterocycles. The van der Waals surface area contributed by atoms with E-state index in [9.17, 15) is 4.79 Å².